The molecule has 0 aromatic heterocycles. The highest BCUT2D eigenvalue weighted by Crippen LogP contribution is 2.39. The number of halogens is 1. The molecule has 1 aliphatic rings. The number of phenolic OH excluding ortho intramolecular Hbond substituents is 1. The molecular formula is C15H23BrN2O. The van der Waals surface area contributed by atoms with E-state index in [1.807, 2.05) is 6.92 Å². The minimum atomic E-state index is 0.381. The van der Waals surface area contributed by atoms with E-state index in [1.54, 1.807) is 0 Å². The van der Waals surface area contributed by atoms with Gasteiger partial charge in [-0.3, -0.25) is 4.90 Å². The maximum Gasteiger partial charge on any atom is 0.133 e. The first-order chi connectivity index (χ1) is 8.95. The average molecular weight is 327 g/mol. The van der Waals surface area contributed by atoms with E-state index in [-0.39, 0.29) is 0 Å². The molecule has 1 atom stereocenters. The quantitative estimate of drug-likeness (QED) is 0.876. The van der Waals surface area contributed by atoms with Crippen LogP contribution in [0.25, 0.3) is 0 Å². The SMILES string of the molecule is Cc1c(C)c(C(C)N2CCNCC2)c(C)c(Br)c1O. The molecule has 1 unspecified atom stereocenters. The van der Waals surface area contributed by atoms with Gasteiger partial charge in [-0.05, 0) is 65.9 Å². The van der Waals surface area contributed by atoms with E-state index in [1.165, 1.54) is 11.1 Å². The molecule has 1 saturated heterocycles. The first-order valence-electron chi connectivity index (χ1n) is 6.88. The molecule has 0 aliphatic carbocycles. The fourth-order valence-corrected chi connectivity index (χ4v) is 3.51. The highest BCUT2D eigenvalue weighted by atomic mass is 79.9. The second kappa shape index (κ2) is 5.81. The van der Waals surface area contributed by atoms with Crippen LogP contribution in [0.1, 0.15) is 35.2 Å². The maximum absolute atomic E-state index is 10.1. The fourth-order valence-electron chi connectivity index (χ4n) is 3.00. The lowest BCUT2D eigenvalue weighted by Gasteiger charge is -2.35. The van der Waals surface area contributed by atoms with Crippen LogP contribution >= 0.6 is 15.9 Å². The highest BCUT2D eigenvalue weighted by Gasteiger charge is 2.24. The van der Waals surface area contributed by atoms with Gasteiger partial charge in [-0.25, -0.2) is 0 Å². The molecule has 0 saturated carbocycles. The van der Waals surface area contributed by atoms with Gasteiger partial charge in [0.1, 0.15) is 5.75 Å². The molecule has 1 aromatic carbocycles. The van der Waals surface area contributed by atoms with Crippen LogP contribution in [0.3, 0.4) is 0 Å². The third kappa shape index (κ3) is 2.67. The van der Waals surface area contributed by atoms with Crippen LogP contribution in [-0.2, 0) is 0 Å². The number of benzene rings is 1. The molecule has 3 nitrogen and oxygen atoms in total. The van der Waals surface area contributed by atoms with Crippen molar-refractivity contribution in [3.8, 4) is 5.75 Å². The van der Waals surface area contributed by atoms with Crippen LogP contribution in [0.2, 0.25) is 0 Å². The van der Waals surface area contributed by atoms with Crippen molar-refractivity contribution in [1.29, 1.82) is 0 Å². The van der Waals surface area contributed by atoms with Gasteiger partial charge < -0.3 is 10.4 Å². The second-order valence-corrected chi connectivity index (χ2v) is 6.21. The zero-order chi connectivity index (χ0) is 14.2. The molecule has 0 radical (unpaired) electrons. The number of nitrogens with zero attached hydrogens (tertiary/aromatic N) is 1. The van der Waals surface area contributed by atoms with E-state index in [9.17, 15) is 5.11 Å². The monoisotopic (exact) mass is 326 g/mol. The van der Waals surface area contributed by atoms with Crippen LogP contribution in [0, 0.1) is 20.8 Å². The van der Waals surface area contributed by atoms with Gasteiger partial charge in [0.15, 0.2) is 0 Å². The summed E-state index contributed by atoms with van der Waals surface area (Å²) in [6.45, 7) is 12.7. The Morgan fingerprint density at radius 2 is 1.68 bits per heavy atom. The highest BCUT2D eigenvalue weighted by molar-refractivity contribution is 9.10. The lowest BCUT2D eigenvalue weighted by molar-refractivity contribution is 0.184. The lowest BCUT2D eigenvalue weighted by Crippen LogP contribution is -2.44. The van der Waals surface area contributed by atoms with Crippen LogP contribution < -0.4 is 5.32 Å². The third-order valence-electron chi connectivity index (χ3n) is 4.38. The molecule has 1 aliphatic heterocycles. The van der Waals surface area contributed by atoms with E-state index >= 15 is 0 Å². The lowest BCUT2D eigenvalue weighted by atomic mass is 9.92. The number of hydrogen-bond acceptors (Lipinski definition) is 3. The number of nitrogens with one attached hydrogen (secondary N) is 1. The smallest absolute Gasteiger partial charge is 0.133 e. The zero-order valence-electron chi connectivity index (χ0n) is 12.2. The van der Waals surface area contributed by atoms with Gasteiger partial charge >= 0.3 is 0 Å². The van der Waals surface area contributed by atoms with Crippen LogP contribution in [0.4, 0.5) is 0 Å². The predicted molar refractivity (Wildman–Crippen MR) is 82.9 cm³/mol. The second-order valence-electron chi connectivity index (χ2n) is 5.41. The normalized spacial score (nSPS) is 18.6. The molecule has 0 amide bonds. The number of hydrogen-bond donors (Lipinski definition) is 2. The summed E-state index contributed by atoms with van der Waals surface area (Å²) in [5.74, 6) is 0.381. The molecular weight excluding hydrogens is 304 g/mol. The Kier molecular flexibility index (Phi) is 4.54. The van der Waals surface area contributed by atoms with Crippen molar-refractivity contribution in [3.05, 3.63) is 26.7 Å². The van der Waals surface area contributed by atoms with Crippen molar-refractivity contribution in [2.75, 3.05) is 26.2 Å². The van der Waals surface area contributed by atoms with E-state index in [4.69, 9.17) is 0 Å². The summed E-state index contributed by atoms with van der Waals surface area (Å²) in [6.07, 6.45) is 0. The number of aromatic hydroxyl groups is 1. The first kappa shape index (κ1) is 14.8. The number of rotatable bonds is 2. The summed E-state index contributed by atoms with van der Waals surface area (Å²) >= 11 is 3.53. The Bertz CT molecular complexity index is 453. The van der Waals surface area contributed by atoms with Gasteiger partial charge in [-0.1, -0.05) is 0 Å². The van der Waals surface area contributed by atoms with Crippen LogP contribution in [-0.4, -0.2) is 36.2 Å². The summed E-state index contributed by atoms with van der Waals surface area (Å²) < 4.78 is 0.840. The number of piperazine rings is 1. The molecule has 4 heteroatoms. The summed E-state index contributed by atoms with van der Waals surface area (Å²) in [5.41, 5.74) is 4.70. The number of phenols is 1. The van der Waals surface area contributed by atoms with Gasteiger partial charge in [-0.15, -0.1) is 0 Å². The zero-order valence-corrected chi connectivity index (χ0v) is 13.8. The fraction of sp³-hybridized carbons (Fsp3) is 0.600. The molecule has 1 heterocycles. The molecule has 1 aromatic rings. The molecule has 106 valence electrons. The van der Waals surface area contributed by atoms with Gasteiger partial charge in [-0.2, -0.15) is 0 Å². The molecule has 2 rings (SSSR count). The van der Waals surface area contributed by atoms with Crippen molar-refractivity contribution in [1.82, 2.24) is 10.2 Å². The molecule has 19 heavy (non-hydrogen) atoms. The van der Waals surface area contributed by atoms with Gasteiger partial charge in [0.2, 0.25) is 0 Å². The minimum absolute atomic E-state index is 0.381. The van der Waals surface area contributed by atoms with Crippen LogP contribution in [0.5, 0.6) is 5.75 Å². The van der Waals surface area contributed by atoms with E-state index in [0.717, 1.165) is 41.8 Å². The molecule has 0 spiro atoms. The third-order valence-corrected chi connectivity index (χ3v) is 5.35. The largest absolute Gasteiger partial charge is 0.506 e. The van der Waals surface area contributed by atoms with Crippen molar-refractivity contribution in [2.24, 2.45) is 0 Å². The Labute approximate surface area is 124 Å². The first-order valence-corrected chi connectivity index (χ1v) is 7.67. The standard InChI is InChI=1S/C15H23BrN2O/c1-9-10(2)15(19)14(16)11(3)13(9)12(4)18-7-5-17-6-8-18/h12,17,19H,5-8H2,1-4H3. The van der Waals surface area contributed by atoms with Gasteiger partial charge in [0, 0.05) is 32.2 Å². The topological polar surface area (TPSA) is 35.5 Å². The van der Waals surface area contributed by atoms with Crippen molar-refractivity contribution in [3.63, 3.8) is 0 Å². The van der Waals surface area contributed by atoms with Crippen molar-refractivity contribution < 1.29 is 5.11 Å². The average Bonchev–Trinajstić information content (AvgIpc) is 2.44. The summed E-state index contributed by atoms with van der Waals surface area (Å²) in [5, 5.41) is 13.5. The Morgan fingerprint density at radius 1 is 1.11 bits per heavy atom. The van der Waals surface area contributed by atoms with Gasteiger partial charge in [0.25, 0.3) is 0 Å². The van der Waals surface area contributed by atoms with Crippen molar-refractivity contribution in [2.45, 2.75) is 33.7 Å². The maximum atomic E-state index is 10.1. The Hall–Kier alpha value is -0.580. The van der Waals surface area contributed by atoms with Crippen molar-refractivity contribution >= 4 is 15.9 Å². The Morgan fingerprint density at radius 3 is 2.26 bits per heavy atom. The molecule has 2 N–H and O–H groups in total. The minimum Gasteiger partial charge on any atom is -0.506 e. The van der Waals surface area contributed by atoms with E-state index in [2.05, 4.69) is 46.9 Å². The Balaban J connectivity index is 2.43. The van der Waals surface area contributed by atoms with Gasteiger partial charge in [0.05, 0.1) is 4.47 Å². The summed E-state index contributed by atoms with van der Waals surface area (Å²) in [7, 11) is 0. The summed E-state index contributed by atoms with van der Waals surface area (Å²) in [4.78, 5) is 2.51. The molecule has 1 fully saturated rings. The molecule has 0 bridgehead atoms. The summed E-state index contributed by atoms with van der Waals surface area (Å²) in [6, 6.07) is 0.387. The van der Waals surface area contributed by atoms with E-state index < -0.39 is 0 Å². The van der Waals surface area contributed by atoms with Crippen LogP contribution in [0.15, 0.2) is 4.47 Å². The van der Waals surface area contributed by atoms with E-state index in [0.29, 0.717) is 11.8 Å². The predicted octanol–water partition coefficient (Wildman–Crippen LogP) is 3.05.